The lowest BCUT2D eigenvalue weighted by molar-refractivity contribution is 0.136. The second-order valence-electron chi connectivity index (χ2n) is 4.62. The molecule has 0 spiro atoms. The fourth-order valence-electron chi connectivity index (χ4n) is 1.96. The molecule has 0 aromatic heterocycles. The lowest BCUT2D eigenvalue weighted by Gasteiger charge is -2.29. The molecule has 1 heterocycles. The van der Waals surface area contributed by atoms with Gasteiger partial charge in [-0.05, 0) is 12.3 Å². The van der Waals surface area contributed by atoms with Gasteiger partial charge in [0.1, 0.15) is 0 Å². The summed E-state index contributed by atoms with van der Waals surface area (Å²) in [5.41, 5.74) is 5.54. The first-order chi connectivity index (χ1) is 7.09. The molecule has 0 amide bonds. The zero-order valence-corrected chi connectivity index (χ0v) is 10.6. The second kappa shape index (κ2) is 6.40. The molecule has 0 saturated carbocycles. The van der Waals surface area contributed by atoms with Gasteiger partial charge in [0.15, 0.2) is 0 Å². The molecule has 0 bridgehead atoms. The highest BCUT2D eigenvalue weighted by atomic mass is 32.1. The van der Waals surface area contributed by atoms with E-state index in [9.17, 15) is 0 Å². The highest BCUT2D eigenvalue weighted by Gasteiger charge is 2.23. The topological polar surface area (TPSA) is 38.5 Å². The lowest BCUT2D eigenvalue weighted by Crippen LogP contribution is -2.40. The molecule has 88 valence electrons. The maximum Gasteiger partial charge on any atom is 0.0740 e. The van der Waals surface area contributed by atoms with Crippen molar-refractivity contribution in [2.45, 2.75) is 32.7 Å². The van der Waals surface area contributed by atoms with E-state index in [-0.39, 0.29) is 0 Å². The van der Waals surface area contributed by atoms with Gasteiger partial charge in [-0.1, -0.05) is 26.1 Å². The van der Waals surface area contributed by atoms with Crippen LogP contribution in [0.4, 0.5) is 0 Å². The van der Waals surface area contributed by atoms with E-state index >= 15 is 0 Å². The van der Waals surface area contributed by atoms with E-state index < -0.39 is 0 Å². The number of rotatable bonds is 6. The molecule has 1 unspecified atom stereocenters. The van der Waals surface area contributed by atoms with Gasteiger partial charge in [-0.2, -0.15) is 0 Å². The van der Waals surface area contributed by atoms with Crippen molar-refractivity contribution < 1.29 is 4.74 Å². The van der Waals surface area contributed by atoms with E-state index in [0.29, 0.717) is 16.9 Å². The van der Waals surface area contributed by atoms with Crippen LogP contribution in [0.1, 0.15) is 26.7 Å². The van der Waals surface area contributed by atoms with Crippen LogP contribution in [0.2, 0.25) is 0 Å². The molecule has 1 aliphatic heterocycles. The number of nitrogens with zero attached hydrogens (tertiary/aromatic N) is 1. The van der Waals surface area contributed by atoms with Gasteiger partial charge in [-0.15, -0.1) is 0 Å². The SMILES string of the molecule is CC(C)CN(CCC(N)=S)C1CCOC1. The number of nitrogens with two attached hydrogens (primary N) is 1. The van der Waals surface area contributed by atoms with Crippen molar-refractivity contribution in [1.29, 1.82) is 0 Å². The molecule has 2 N–H and O–H groups in total. The molecule has 1 saturated heterocycles. The minimum absolute atomic E-state index is 0.571. The first-order valence-corrected chi connectivity index (χ1v) is 6.10. The molecule has 0 aliphatic carbocycles. The van der Waals surface area contributed by atoms with E-state index in [0.717, 1.165) is 39.1 Å². The monoisotopic (exact) mass is 230 g/mol. The molecule has 4 heteroatoms. The Kier molecular flexibility index (Phi) is 5.50. The van der Waals surface area contributed by atoms with E-state index in [4.69, 9.17) is 22.7 Å². The van der Waals surface area contributed by atoms with Gasteiger partial charge in [0.05, 0.1) is 11.6 Å². The first kappa shape index (κ1) is 12.9. The standard InChI is InChI=1S/C11H22N2OS/c1-9(2)7-13(5-3-11(12)15)10-4-6-14-8-10/h9-10H,3-8H2,1-2H3,(H2,12,15). The van der Waals surface area contributed by atoms with Crippen LogP contribution in [0.3, 0.4) is 0 Å². The Balaban J connectivity index is 2.40. The maximum absolute atomic E-state index is 5.54. The molecule has 1 fully saturated rings. The summed E-state index contributed by atoms with van der Waals surface area (Å²) >= 11 is 4.92. The highest BCUT2D eigenvalue weighted by molar-refractivity contribution is 7.80. The van der Waals surface area contributed by atoms with Gasteiger partial charge in [-0.3, -0.25) is 4.90 Å². The van der Waals surface area contributed by atoms with Crippen LogP contribution in [-0.4, -0.2) is 42.2 Å². The third-order valence-corrected chi connectivity index (χ3v) is 2.87. The Morgan fingerprint density at radius 1 is 1.60 bits per heavy atom. The summed E-state index contributed by atoms with van der Waals surface area (Å²) in [7, 11) is 0. The Hall–Kier alpha value is -0.190. The summed E-state index contributed by atoms with van der Waals surface area (Å²) in [5.74, 6) is 0.678. The lowest BCUT2D eigenvalue weighted by atomic mass is 10.1. The predicted octanol–water partition coefficient (Wildman–Crippen LogP) is 1.41. The van der Waals surface area contributed by atoms with Crippen molar-refractivity contribution >= 4 is 17.2 Å². The second-order valence-corrected chi connectivity index (χ2v) is 5.15. The van der Waals surface area contributed by atoms with Crippen molar-refractivity contribution in [3.8, 4) is 0 Å². The zero-order chi connectivity index (χ0) is 11.3. The third-order valence-electron chi connectivity index (χ3n) is 2.67. The van der Waals surface area contributed by atoms with E-state index in [2.05, 4.69) is 18.7 Å². The summed E-state index contributed by atoms with van der Waals surface area (Å²) in [6, 6.07) is 0.571. The summed E-state index contributed by atoms with van der Waals surface area (Å²) in [4.78, 5) is 3.08. The predicted molar refractivity (Wildman–Crippen MR) is 67.0 cm³/mol. The van der Waals surface area contributed by atoms with Crippen LogP contribution in [0, 0.1) is 5.92 Å². The molecule has 0 radical (unpaired) electrons. The van der Waals surface area contributed by atoms with E-state index in [1.165, 1.54) is 0 Å². The Bertz CT molecular complexity index is 203. The molecule has 15 heavy (non-hydrogen) atoms. The van der Waals surface area contributed by atoms with Crippen LogP contribution in [0.25, 0.3) is 0 Å². The van der Waals surface area contributed by atoms with Gasteiger partial charge in [0.25, 0.3) is 0 Å². The average molecular weight is 230 g/mol. The fraction of sp³-hybridized carbons (Fsp3) is 0.909. The van der Waals surface area contributed by atoms with Gasteiger partial charge in [0, 0.05) is 32.2 Å². The molecule has 0 aromatic carbocycles. The number of thiocarbonyl (C=S) groups is 1. The molecule has 1 rings (SSSR count). The van der Waals surface area contributed by atoms with E-state index in [1.807, 2.05) is 0 Å². The largest absolute Gasteiger partial charge is 0.393 e. The van der Waals surface area contributed by atoms with Crippen molar-refractivity contribution in [1.82, 2.24) is 4.90 Å². The smallest absolute Gasteiger partial charge is 0.0740 e. The highest BCUT2D eigenvalue weighted by Crippen LogP contribution is 2.14. The number of hydrogen-bond donors (Lipinski definition) is 1. The van der Waals surface area contributed by atoms with Gasteiger partial charge >= 0.3 is 0 Å². The molecular formula is C11H22N2OS. The minimum atomic E-state index is 0.571. The summed E-state index contributed by atoms with van der Waals surface area (Å²) in [6.45, 7) is 8.32. The van der Waals surface area contributed by atoms with Crippen LogP contribution in [0.5, 0.6) is 0 Å². The average Bonchev–Trinajstić information content (AvgIpc) is 2.63. The van der Waals surface area contributed by atoms with Crippen molar-refractivity contribution in [3.63, 3.8) is 0 Å². The molecule has 0 aromatic rings. The minimum Gasteiger partial charge on any atom is -0.393 e. The molecule has 1 aliphatic rings. The third kappa shape index (κ3) is 4.91. The van der Waals surface area contributed by atoms with Crippen LogP contribution >= 0.6 is 12.2 Å². The van der Waals surface area contributed by atoms with Crippen LogP contribution in [0.15, 0.2) is 0 Å². The van der Waals surface area contributed by atoms with Gasteiger partial charge in [-0.25, -0.2) is 0 Å². The molecule has 3 nitrogen and oxygen atoms in total. The molecular weight excluding hydrogens is 208 g/mol. The van der Waals surface area contributed by atoms with Crippen molar-refractivity contribution in [3.05, 3.63) is 0 Å². The van der Waals surface area contributed by atoms with E-state index in [1.54, 1.807) is 0 Å². The maximum atomic E-state index is 5.54. The first-order valence-electron chi connectivity index (χ1n) is 5.69. The van der Waals surface area contributed by atoms with Crippen molar-refractivity contribution in [2.75, 3.05) is 26.3 Å². The summed E-state index contributed by atoms with van der Waals surface area (Å²) in [6.07, 6.45) is 1.96. The normalized spacial score (nSPS) is 21.5. The fourth-order valence-corrected chi connectivity index (χ4v) is 2.05. The van der Waals surface area contributed by atoms with Crippen LogP contribution in [-0.2, 0) is 4.74 Å². The quantitative estimate of drug-likeness (QED) is 0.700. The van der Waals surface area contributed by atoms with Gasteiger partial charge in [0.2, 0.25) is 0 Å². The summed E-state index contributed by atoms with van der Waals surface area (Å²) < 4.78 is 5.42. The van der Waals surface area contributed by atoms with Crippen molar-refractivity contribution in [2.24, 2.45) is 11.7 Å². The Morgan fingerprint density at radius 3 is 2.80 bits per heavy atom. The Labute approximate surface area is 98.0 Å². The Morgan fingerprint density at radius 2 is 2.33 bits per heavy atom. The summed E-state index contributed by atoms with van der Waals surface area (Å²) in [5, 5.41) is 0. The van der Waals surface area contributed by atoms with Crippen LogP contribution < -0.4 is 5.73 Å². The number of hydrogen-bond acceptors (Lipinski definition) is 3. The zero-order valence-electron chi connectivity index (χ0n) is 9.74. The number of ether oxygens (including phenoxy) is 1. The molecule has 1 atom stereocenters. The van der Waals surface area contributed by atoms with Gasteiger partial charge < -0.3 is 10.5 Å².